The van der Waals surface area contributed by atoms with Gasteiger partial charge in [-0.2, -0.15) is 0 Å². The van der Waals surface area contributed by atoms with Crippen LogP contribution in [0.3, 0.4) is 0 Å². The molecule has 0 aromatic heterocycles. The van der Waals surface area contributed by atoms with Crippen LogP contribution >= 0.6 is 22.6 Å². The molecule has 94 valence electrons. The lowest BCUT2D eigenvalue weighted by Crippen LogP contribution is -2.05. The third-order valence-corrected chi connectivity index (χ3v) is 3.67. The topological polar surface area (TPSA) is 20.2 Å². The van der Waals surface area contributed by atoms with E-state index in [0.717, 1.165) is 15.2 Å². The molecule has 2 rings (SSSR count). The first-order chi connectivity index (χ1) is 8.58. The molecule has 0 heterocycles. The molecule has 2 aromatic carbocycles. The van der Waals surface area contributed by atoms with Crippen molar-refractivity contribution >= 4 is 22.6 Å². The molecule has 0 spiro atoms. The normalized spacial score (nSPS) is 12.4. The van der Waals surface area contributed by atoms with Crippen LogP contribution in [0.15, 0.2) is 42.5 Å². The molecule has 4 heteroatoms. The van der Waals surface area contributed by atoms with Crippen LogP contribution in [0.2, 0.25) is 0 Å². The number of rotatable bonds is 3. The first-order valence-corrected chi connectivity index (χ1v) is 6.52. The summed E-state index contributed by atoms with van der Waals surface area (Å²) in [7, 11) is 0. The van der Waals surface area contributed by atoms with Gasteiger partial charge in [-0.15, -0.1) is 0 Å². The van der Waals surface area contributed by atoms with E-state index in [4.69, 9.17) is 0 Å². The molecular formula is C14H11F2IO. The first kappa shape index (κ1) is 13.4. The van der Waals surface area contributed by atoms with Gasteiger partial charge in [-0.1, -0.05) is 24.3 Å². The monoisotopic (exact) mass is 360 g/mol. The molecule has 18 heavy (non-hydrogen) atoms. The van der Waals surface area contributed by atoms with Gasteiger partial charge in [0.1, 0.15) is 11.6 Å². The van der Waals surface area contributed by atoms with Crippen LogP contribution in [-0.4, -0.2) is 5.11 Å². The van der Waals surface area contributed by atoms with Crippen molar-refractivity contribution in [3.8, 4) is 0 Å². The Morgan fingerprint density at radius 2 is 1.83 bits per heavy atom. The van der Waals surface area contributed by atoms with Crippen molar-refractivity contribution in [2.75, 3.05) is 0 Å². The molecule has 0 aliphatic heterocycles. The predicted octanol–water partition coefficient (Wildman–Crippen LogP) is 3.85. The number of hydrogen-bond acceptors (Lipinski definition) is 1. The number of benzene rings is 2. The Hall–Kier alpha value is -1.01. The maximum atomic E-state index is 13.5. The smallest absolute Gasteiger partial charge is 0.129 e. The van der Waals surface area contributed by atoms with Gasteiger partial charge in [-0.3, -0.25) is 0 Å². The Bertz CT molecular complexity index is 557. The number of halogens is 3. The molecule has 0 radical (unpaired) electrons. The lowest BCUT2D eigenvalue weighted by molar-refractivity contribution is 0.176. The molecule has 1 unspecified atom stereocenters. The van der Waals surface area contributed by atoms with Crippen LogP contribution < -0.4 is 0 Å². The van der Waals surface area contributed by atoms with Crippen LogP contribution in [-0.2, 0) is 6.42 Å². The molecular weight excluding hydrogens is 349 g/mol. The quantitative estimate of drug-likeness (QED) is 0.825. The van der Waals surface area contributed by atoms with Gasteiger partial charge in [-0.25, -0.2) is 8.78 Å². The Balaban J connectivity index is 2.21. The zero-order valence-corrected chi connectivity index (χ0v) is 11.6. The highest BCUT2D eigenvalue weighted by Crippen LogP contribution is 2.24. The van der Waals surface area contributed by atoms with E-state index in [9.17, 15) is 13.9 Å². The van der Waals surface area contributed by atoms with Crippen molar-refractivity contribution in [2.24, 2.45) is 0 Å². The molecule has 0 saturated heterocycles. The lowest BCUT2D eigenvalue weighted by atomic mass is 10.0. The molecule has 0 bridgehead atoms. The van der Waals surface area contributed by atoms with Crippen LogP contribution in [0, 0.1) is 15.2 Å². The van der Waals surface area contributed by atoms with Crippen LogP contribution in [0.1, 0.15) is 17.2 Å². The summed E-state index contributed by atoms with van der Waals surface area (Å²) in [6, 6.07) is 10.8. The zero-order chi connectivity index (χ0) is 13.1. The van der Waals surface area contributed by atoms with Crippen molar-refractivity contribution in [3.05, 3.63) is 68.8 Å². The lowest BCUT2D eigenvalue weighted by Gasteiger charge is -2.13. The summed E-state index contributed by atoms with van der Waals surface area (Å²) in [6.45, 7) is 0. The van der Waals surface area contributed by atoms with Crippen molar-refractivity contribution in [2.45, 2.75) is 12.5 Å². The molecule has 1 nitrogen and oxygen atoms in total. The summed E-state index contributed by atoms with van der Waals surface area (Å²) in [5.41, 5.74) is 1.06. The first-order valence-electron chi connectivity index (χ1n) is 5.44. The van der Waals surface area contributed by atoms with Crippen LogP contribution in [0.4, 0.5) is 8.78 Å². The summed E-state index contributed by atoms with van der Waals surface area (Å²) in [5.74, 6) is -1.24. The predicted molar refractivity (Wildman–Crippen MR) is 74.2 cm³/mol. The maximum Gasteiger partial charge on any atom is 0.129 e. The summed E-state index contributed by atoms with van der Waals surface area (Å²) in [4.78, 5) is 0. The van der Waals surface area contributed by atoms with E-state index in [-0.39, 0.29) is 6.42 Å². The van der Waals surface area contributed by atoms with Crippen molar-refractivity contribution in [1.82, 2.24) is 0 Å². The number of aliphatic hydroxyl groups excluding tert-OH is 1. The Morgan fingerprint density at radius 3 is 2.50 bits per heavy atom. The number of aliphatic hydroxyl groups is 1. The fourth-order valence-corrected chi connectivity index (χ4v) is 2.50. The molecule has 2 aromatic rings. The molecule has 0 aliphatic carbocycles. The minimum Gasteiger partial charge on any atom is -0.388 e. The van der Waals surface area contributed by atoms with Gasteiger partial charge in [0.15, 0.2) is 0 Å². The average molecular weight is 360 g/mol. The highest BCUT2D eigenvalue weighted by molar-refractivity contribution is 14.1. The second-order valence-electron chi connectivity index (χ2n) is 3.98. The molecule has 0 aliphatic rings. The van der Waals surface area contributed by atoms with E-state index in [1.807, 2.05) is 18.2 Å². The summed E-state index contributed by atoms with van der Waals surface area (Å²) in [6.07, 6.45) is -0.662. The van der Waals surface area contributed by atoms with Gasteiger partial charge in [0.2, 0.25) is 0 Å². The molecule has 0 amide bonds. The second kappa shape index (κ2) is 5.75. The Labute approximate surface area is 118 Å². The standard InChI is InChI=1S/C14H11F2IO/c15-10-6-5-9(12(16)8-10)7-14(18)11-3-1-2-4-13(11)17/h1-6,8,14,18H,7H2. The summed E-state index contributed by atoms with van der Waals surface area (Å²) < 4.78 is 27.2. The maximum absolute atomic E-state index is 13.5. The van der Waals surface area contributed by atoms with E-state index in [2.05, 4.69) is 22.6 Å². The number of hydrogen-bond donors (Lipinski definition) is 1. The minimum atomic E-state index is -0.793. The van der Waals surface area contributed by atoms with Gasteiger partial charge in [-0.05, 0) is 45.9 Å². The summed E-state index contributed by atoms with van der Waals surface area (Å²) >= 11 is 2.12. The third-order valence-electron chi connectivity index (χ3n) is 2.69. The highest BCUT2D eigenvalue weighted by Gasteiger charge is 2.14. The fraction of sp³-hybridized carbons (Fsp3) is 0.143. The van der Waals surface area contributed by atoms with Gasteiger partial charge >= 0.3 is 0 Å². The second-order valence-corrected chi connectivity index (χ2v) is 5.14. The average Bonchev–Trinajstić information content (AvgIpc) is 2.33. The van der Waals surface area contributed by atoms with E-state index >= 15 is 0 Å². The molecule has 0 fully saturated rings. The summed E-state index contributed by atoms with van der Waals surface area (Å²) in [5, 5.41) is 10.1. The Kier molecular flexibility index (Phi) is 4.29. The molecule has 1 atom stereocenters. The molecule has 1 N–H and O–H groups in total. The van der Waals surface area contributed by atoms with Crippen LogP contribution in [0.25, 0.3) is 0 Å². The molecule has 0 saturated carbocycles. The van der Waals surface area contributed by atoms with E-state index in [1.54, 1.807) is 6.07 Å². The van der Waals surface area contributed by atoms with Crippen molar-refractivity contribution in [3.63, 3.8) is 0 Å². The van der Waals surface area contributed by atoms with Gasteiger partial charge in [0.25, 0.3) is 0 Å². The van der Waals surface area contributed by atoms with E-state index < -0.39 is 17.7 Å². The van der Waals surface area contributed by atoms with E-state index in [0.29, 0.717) is 5.56 Å². The third kappa shape index (κ3) is 3.05. The zero-order valence-electron chi connectivity index (χ0n) is 9.41. The van der Waals surface area contributed by atoms with Crippen molar-refractivity contribution in [1.29, 1.82) is 0 Å². The van der Waals surface area contributed by atoms with Gasteiger partial charge < -0.3 is 5.11 Å². The Morgan fingerprint density at radius 1 is 1.11 bits per heavy atom. The highest BCUT2D eigenvalue weighted by atomic mass is 127. The van der Waals surface area contributed by atoms with Crippen LogP contribution in [0.5, 0.6) is 0 Å². The minimum absolute atomic E-state index is 0.131. The largest absolute Gasteiger partial charge is 0.388 e. The fourth-order valence-electron chi connectivity index (χ4n) is 1.75. The van der Waals surface area contributed by atoms with Crippen molar-refractivity contribution < 1.29 is 13.9 Å². The van der Waals surface area contributed by atoms with Gasteiger partial charge in [0, 0.05) is 16.1 Å². The van der Waals surface area contributed by atoms with E-state index in [1.165, 1.54) is 12.1 Å². The SMILES string of the molecule is OC(Cc1ccc(F)cc1F)c1ccccc1I. The van der Waals surface area contributed by atoms with Gasteiger partial charge in [0.05, 0.1) is 6.10 Å².